The molecule has 1 saturated heterocycles. The summed E-state index contributed by atoms with van der Waals surface area (Å²) >= 11 is 0. The van der Waals surface area contributed by atoms with E-state index in [-0.39, 0.29) is 12.2 Å². The number of carboxylic acids is 1. The quantitative estimate of drug-likeness (QED) is 0.670. The molecule has 126 valence electrons. The van der Waals surface area contributed by atoms with Crippen molar-refractivity contribution in [1.29, 1.82) is 0 Å². The van der Waals surface area contributed by atoms with Crippen LogP contribution >= 0.6 is 0 Å². The van der Waals surface area contributed by atoms with E-state index in [0.29, 0.717) is 11.1 Å². The fraction of sp³-hybridized carbons (Fsp3) is 0.333. The maximum atomic E-state index is 12.6. The van der Waals surface area contributed by atoms with Crippen LogP contribution in [0.2, 0.25) is 0 Å². The topological polar surface area (TPSA) is 85.4 Å². The van der Waals surface area contributed by atoms with Crippen molar-refractivity contribution in [3.8, 4) is 5.75 Å². The lowest BCUT2D eigenvalue weighted by Gasteiger charge is -2.18. The molecule has 2 aromatic carbocycles. The molecule has 2 aromatic rings. The molecule has 0 radical (unpaired) electrons. The van der Waals surface area contributed by atoms with Crippen LogP contribution in [0.4, 0.5) is 0 Å². The second-order valence-electron chi connectivity index (χ2n) is 6.07. The van der Waals surface area contributed by atoms with E-state index in [2.05, 4.69) is 0 Å². The van der Waals surface area contributed by atoms with Gasteiger partial charge in [0.2, 0.25) is 6.10 Å². The van der Waals surface area contributed by atoms with Crippen molar-refractivity contribution in [2.45, 2.75) is 25.6 Å². The first-order chi connectivity index (χ1) is 11.4. The zero-order chi connectivity index (χ0) is 17.5. The molecule has 3 rings (SSSR count). The summed E-state index contributed by atoms with van der Waals surface area (Å²) < 4.78 is 15.6. The summed E-state index contributed by atoms with van der Waals surface area (Å²) in [4.78, 5) is 24.0. The number of aryl methyl sites for hydroxylation is 1. The predicted octanol–water partition coefficient (Wildman–Crippen LogP) is 2.56. The molecular formula is C18H18O6. The maximum absolute atomic E-state index is 12.6. The predicted molar refractivity (Wildman–Crippen MR) is 86.4 cm³/mol. The van der Waals surface area contributed by atoms with Crippen molar-refractivity contribution in [3.05, 3.63) is 41.5 Å². The van der Waals surface area contributed by atoms with Crippen LogP contribution in [0, 0.1) is 6.92 Å². The number of fused-ring (bicyclic) bond motifs is 1. The van der Waals surface area contributed by atoms with Gasteiger partial charge in [0, 0.05) is 0 Å². The average molecular weight is 330 g/mol. The molecule has 0 aromatic heterocycles. The number of hydrogen-bond acceptors (Lipinski definition) is 5. The maximum Gasteiger partial charge on any atom is 0.348 e. The Morgan fingerprint density at radius 2 is 2.00 bits per heavy atom. The number of esters is 1. The minimum absolute atomic E-state index is 0.245. The number of carboxylic acid groups (broad SMARTS) is 1. The van der Waals surface area contributed by atoms with Gasteiger partial charge in [-0.25, -0.2) is 9.59 Å². The highest BCUT2D eigenvalue weighted by Crippen LogP contribution is 2.34. The third-order valence-corrected chi connectivity index (χ3v) is 4.25. The van der Waals surface area contributed by atoms with E-state index >= 15 is 0 Å². The molecule has 0 amide bonds. The number of rotatable bonds is 5. The third-order valence-electron chi connectivity index (χ3n) is 4.25. The van der Waals surface area contributed by atoms with E-state index in [4.69, 9.17) is 14.2 Å². The highest BCUT2D eigenvalue weighted by atomic mass is 16.6. The number of carbonyl (C=O) groups excluding carboxylic acids is 1. The van der Waals surface area contributed by atoms with Crippen LogP contribution in [0.1, 0.15) is 22.8 Å². The first-order valence-electron chi connectivity index (χ1n) is 7.51. The summed E-state index contributed by atoms with van der Waals surface area (Å²) in [5.74, 6) is -1.44. The molecule has 1 N–H and O–H groups in total. The lowest BCUT2D eigenvalue weighted by molar-refractivity contribution is -0.150. The summed E-state index contributed by atoms with van der Waals surface area (Å²) in [6, 6.07) is 8.95. The summed E-state index contributed by atoms with van der Waals surface area (Å²) in [6.45, 7) is 3.78. The van der Waals surface area contributed by atoms with Gasteiger partial charge in [-0.1, -0.05) is 18.2 Å². The van der Waals surface area contributed by atoms with Crippen molar-refractivity contribution >= 4 is 22.7 Å². The first-order valence-corrected chi connectivity index (χ1v) is 7.51. The molecule has 6 nitrogen and oxygen atoms in total. The van der Waals surface area contributed by atoms with E-state index in [1.54, 1.807) is 19.1 Å². The second kappa shape index (κ2) is 5.79. The molecule has 0 bridgehead atoms. The van der Waals surface area contributed by atoms with Crippen LogP contribution in [0.5, 0.6) is 5.75 Å². The summed E-state index contributed by atoms with van der Waals surface area (Å²) in [6.07, 6.45) is -1.35. The van der Waals surface area contributed by atoms with Crippen LogP contribution in [-0.4, -0.2) is 42.5 Å². The van der Waals surface area contributed by atoms with Gasteiger partial charge in [-0.3, -0.25) is 0 Å². The van der Waals surface area contributed by atoms with Crippen LogP contribution in [0.3, 0.4) is 0 Å². The minimum Gasteiger partial charge on any atom is -0.497 e. The Morgan fingerprint density at radius 1 is 1.29 bits per heavy atom. The molecule has 0 unspecified atom stereocenters. The molecule has 2 atom stereocenters. The molecule has 1 aliphatic rings. The number of methoxy groups -OCH3 is 1. The number of ether oxygens (including phenoxy) is 3. The Balaban J connectivity index is 2.03. The Morgan fingerprint density at radius 3 is 2.58 bits per heavy atom. The van der Waals surface area contributed by atoms with Crippen molar-refractivity contribution < 1.29 is 28.9 Å². The molecule has 0 saturated carbocycles. The van der Waals surface area contributed by atoms with Crippen molar-refractivity contribution in [1.82, 2.24) is 0 Å². The zero-order valence-corrected chi connectivity index (χ0v) is 13.7. The van der Waals surface area contributed by atoms with Gasteiger partial charge in [0.15, 0.2) is 0 Å². The molecule has 1 fully saturated rings. The molecule has 0 spiro atoms. The number of hydrogen-bond donors (Lipinski definition) is 1. The number of epoxide rings is 1. The first kappa shape index (κ1) is 16.3. The average Bonchev–Trinajstić information content (AvgIpc) is 3.30. The van der Waals surface area contributed by atoms with Crippen molar-refractivity contribution in [2.75, 3.05) is 13.7 Å². The summed E-state index contributed by atoms with van der Waals surface area (Å²) in [5.41, 5.74) is 0.280. The molecular weight excluding hydrogens is 312 g/mol. The van der Waals surface area contributed by atoms with Gasteiger partial charge < -0.3 is 19.3 Å². The highest BCUT2D eigenvalue weighted by molar-refractivity contribution is 6.06. The van der Waals surface area contributed by atoms with E-state index in [0.717, 1.165) is 10.9 Å². The number of aliphatic carboxylic acids is 1. The lowest BCUT2D eigenvalue weighted by atomic mass is 10.00. The van der Waals surface area contributed by atoms with Crippen molar-refractivity contribution in [2.24, 2.45) is 0 Å². The molecule has 6 heteroatoms. The molecule has 1 heterocycles. The largest absolute Gasteiger partial charge is 0.497 e. The normalized spacial score (nSPS) is 20.5. The van der Waals surface area contributed by atoms with E-state index in [9.17, 15) is 14.7 Å². The molecule has 0 aliphatic carbocycles. The standard InChI is InChI=1S/C18H18O6/c1-10-5-4-6-12-13(10)7-11(22-3)8-14(12)17(21)24-15(16(19)20)18(2)9-23-18/h4-8,15H,9H2,1-3H3,(H,19,20)/t15-,18+/m1/s1. The van der Waals surface area contributed by atoms with Gasteiger partial charge in [0.25, 0.3) is 0 Å². The fourth-order valence-corrected chi connectivity index (χ4v) is 2.67. The van der Waals surface area contributed by atoms with Gasteiger partial charge in [0.05, 0.1) is 19.3 Å². The van der Waals surface area contributed by atoms with Crippen LogP contribution in [0.15, 0.2) is 30.3 Å². The minimum atomic E-state index is -1.35. The van der Waals surface area contributed by atoms with Crippen LogP contribution < -0.4 is 4.74 Å². The van der Waals surface area contributed by atoms with Crippen LogP contribution in [-0.2, 0) is 14.3 Å². The molecule has 1 aliphatic heterocycles. The van der Waals surface area contributed by atoms with E-state index < -0.39 is 23.6 Å². The number of carbonyl (C=O) groups is 2. The Hall–Kier alpha value is -2.60. The Bertz CT molecular complexity index is 822. The summed E-state index contributed by atoms with van der Waals surface area (Å²) in [5, 5.41) is 10.9. The number of benzene rings is 2. The third kappa shape index (κ3) is 2.80. The fourth-order valence-electron chi connectivity index (χ4n) is 2.67. The van der Waals surface area contributed by atoms with Gasteiger partial charge in [-0.2, -0.15) is 0 Å². The lowest BCUT2D eigenvalue weighted by Crippen LogP contribution is -2.39. The van der Waals surface area contributed by atoms with Gasteiger partial charge in [0.1, 0.15) is 11.4 Å². The SMILES string of the molecule is COc1cc(C(=O)O[C@H](C(=O)O)[C@]2(C)CO2)c2cccc(C)c2c1. The van der Waals surface area contributed by atoms with E-state index in [1.165, 1.54) is 7.11 Å². The summed E-state index contributed by atoms with van der Waals surface area (Å²) in [7, 11) is 1.51. The van der Waals surface area contributed by atoms with Crippen LogP contribution in [0.25, 0.3) is 10.8 Å². The van der Waals surface area contributed by atoms with Gasteiger partial charge in [-0.15, -0.1) is 0 Å². The zero-order valence-electron chi connectivity index (χ0n) is 13.7. The second-order valence-corrected chi connectivity index (χ2v) is 6.07. The van der Waals surface area contributed by atoms with E-state index in [1.807, 2.05) is 25.1 Å². The van der Waals surface area contributed by atoms with Gasteiger partial charge >= 0.3 is 11.9 Å². The Labute approximate surface area is 138 Å². The highest BCUT2D eigenvalue weighted by Gasteiger charge is 2.53. The smallest absolute Gasteiger partial charge is 0.348 e. The van der Waals surface area contributed by atoms with Gasteiger partial charge in [-0.05, 0) is 42.3 Å². The molecule has 24 heavy (non-hydrogen) atoms. The monoisotopic (exact) mass is 330 g/mol. The Kier molecular flexibility index (Phi) is 3.93. The van der Waals surface area contributed by atoms with Crippen molar-refractivity contribution in [3.63, 3.8) is 0 Å².